The highest BCUT2D eigenvalue weighted by atomic mass is 32.2. The first-order valence-corrected chi connectivity index (χ1v) is 9.94. The van der Waals surface area contributed by atoms with E-state index in [9.17, 15) is 4.79 Å². The van der Waals surface area contributed by atoms with Crippen LogP contribution >= 0.6 is 11.8 Å². The Morgan fingerprint density at radius 3 is 2.31 bits per heavy atom. The molecule has 0 aliphatic carbocycles. The molecule has 1 aliphatic heterocycles. The highest BCUT2D eigenvalue weighted by Crippen LogP contribution is 2.31. The third kappa shape index (κ3) is 3.01. The average Bonchev–Trinajstić information content (AvgIpc) is 2.67. The number of fused-ring (bicyclic) bond motifs is 2. The Kier molecular flexibility index (Phi) is 4.51. The molecule has 0 radical (unpaired) electrons. The number of carbonyl (C=O) groups is 1. The third-order valence-electron chi connectivity index (χ3n) is 4.57. The van der Waals surface area contributed by atoms with E-state index < -0.39 is 0 Å². The minimum atomic E-state index is -0.0281. The van der Waals surface area contributed by atoms with Crippen molar-refractivity contribution in [1.29, 1.82) is 0 Å². The van der Waals surface area contributed by atoms with E-state index in [1.54, 1.807) is 16.7 Å². The van der Waals surface area contributed by atoms with Gasteiger partial charge in [-0.15, -0.1) is 0 Å². The molecule has 0 saturated heterocycles. The molecule has 3 aromatic rings. The van der Waals surface area contributed by atoms with E-state index in [4.69, 9.17) is 9.97 Å². The molecule has 0 saturated carbocycles. The number of anilines is 2. The number of amides is 1. The van der Waals surface area contributed by atoms with Crippen LogP contribution in [-0.4, -0.2) is 42.3 Å². The predicted octanol–water partition coefficient (Wildman–Crippen LogP) is 3.59. The maximum Gasteiger partial charge on any atom is 0.259 e. The Morgan fingerprint density at radius 1 is 1.00 bits per heavy atom. The van der Waals surface area contributed by atoms with Gasteiger partial charge in [0.1, 0.15) is 0 Å². The van der Waals surface area contributed by atoms with Crippen LogP contribution in [0, 0.1) is 0 Å². The molecule has 1 aromatic heterocycles. The Labute approximate surface area is 157 Å². The first-order valence-electron chi connectivity index (χ1n) is 8.55. The number of thioether (sulfide) groups is 1. The van der Waals surface area contributed by atoms with Crippen LogP contribution in [0.3, 0.4) is 0 Å². The molecule has 4 rings (SSSR count). The summed E-state index contributed by atoms with van der Waals surface area (Å²) in [4.78, 5) is 26.4. The molecule has 1 aliphatic rings. The van der Waals surface area contributed by atoms with Crippen LogP contribution in [0.15, 0.2) is 48.5 Å². The van der Waals surface area contributed by atoms with Crippen LogP contribution in [0.2, 0.25) is 0 Å². The number of para-hydroxylation sites is 2. The molecular formula is C20H20N4OS. The second-order valence-electron chi connectivity index (χ2n) is 6.37. The summed E-state index contributed by atoms with van der Waals surface area (Å²) in [5, 5.41) is 0. The molecule has 0 N–H and O–H groups in total. The Bertz CT molecular complexity index is 958. The first kappa shape index (κ1) is 16.8. The molecule has 0 fully saturated rings. The molecule has 6 heteroatoms. The summed E-state index contributed by atoms with van der Waals surface area (Å²) >= 11 is 1.77. The van der Waals surface area contributed by atoms with Crippen LogP contribution in [0.5, 0.6) is 0 Å². The number of hydrogen-bond donors (Lipinski definition) is 0. The molecule has 0 bridgehead atoms. The van der Waals surface area contributed by atoms with Gasteiger partial charge < -0.3 is 4.90 Å². The van der Waals surface area contributed by atoms with Crippen molar-refractivity contribution in [3.8, 4) is 0 Å². The molecule has 2 heterocycles. The molecule has 0 spiro atoms. The van der Waals surface area contributed by atoms with E-state index in [-0.39, 0.29) is 5.91 Å². The van der Waals surface area contributed by atoms with E-state index in [0.29, 0.717) is 17.9 Å². The maximum atomic E-state index is 13.1. The van der Waals surface area contributed by atoms with Crippen molar-refractivity contribution in [2.24, 2.45) is 0 Å². The highest BCUT2D eigenvalue weighted by Gasteiger charge is 2.29. The smallest absolute Gasteiger partial charge is 0.259 e. The summed E-state index contributed by atoms with van der Waals surface area (Å²) < 4.78 is 0. The van der Waals surface area contributed by atoms with Crippen LogP contribution in [0.4, 0.5) is 11.6 Å². The zero-order valence-electron chi connectivity index (χ0n) is 14.8. The molecule has 1 amide bonds. The summed E-state index contributed by atoms with van der Waals surface area (Å²) in [5.74, 6) is 2.31. The number of aromatic nitrogens is 2. The SMILES string of the molecule is CSCc1ccc(C(=O)N2CCN(C)c3nc4ccccc4nc32)cc1. The van der Waals surface area contributed by atoms with Crippen LogP contribution in [0.25, 0.3) is 11.0 Å². The lowest BCUT2D eigenvalue weighted by molar-refractivity contribution is 0.0986. The third-order valence-corrected chi connectivity index (χ3v) is 5.19. The fourth-order valence-electron chi connectivity index (χ4n) is 3.14. The van der Waals surface area contributed by atoms with E-state index in [1.165, 1.54) is 5.56 Å². The van der Waals surface area contributed by atoms with Crippen LogP contribution < -0.4 is 9.80 Å². The quantitative estimate of drug-likeness (QED) is 0.711. The number of hydrogen-bond acceptors (Lipinski definition) is 5. The van der Waals surface area contributed by atoms with Crippen molar-refractivity contribution < 1.29 is 4.79 Å². The number of likely N-dealkylation sites (N-methyl/N-ethyl adjacent to an activating group) is 1. The second kappa shape index (κ2) is 6.96. The molecule has 0 atom stereocenters. The minimum absolute atomic E-state index is 0.0281. The van der Waals surface area contributed by atoms with Gasteiger partial charge in [-0.05, 0) is 36.1 Å². The van der Waals surface area contributed by atoms with Crippen LogP contribution in [0.1, 0.15) is 15.9 Å². The first-order chi connectivity index (χ1) is 12.7. The van der Waals surface area contributed by atoms with E-state index in [2.05, 4.69) is 11.2 Å². The summed E-state index contributed by atoms with van der Waals surface area (Å²) in [6.45, 7) is 1.33. The highest BCUT2D eigenvalue weighted by molar-refractivity contribution is 7.97. The van der Waals surface area contributed by atoms with E-state index in [0.717, 1.165) is 29.1 Å². The van der Waals surface area contributed by atoms with Crippen LogP contribution in [-0.2, 0) is 5.75 Å². The van der Waals surface area contributed by atoms with Crippen molar-refractivity contribution >= 4 is 40.3 Å². The predicted molar refractivity (Wildman–Crippen MR) is 108 cm³/mol. The van der Waals surface area contributed by atoms with Crippen molar-refractivity contribution in [3.05, 3.63) is 59.7 Å². The molecule has 26 heavy (non-hydrogen) atoms. The molecule has 132 valence electrons. The number of nitrogens with zero attached hydrogens (tertiary/aromatic N) is 4. The van der Waals surface area contributed by atoms with Crippen molar-refractivity contribution in [3.63, 3.8) is 0 Å². The fraction of sp³-hybridized carbons (Fsp3) is 0.250. The summed E-state index contributed by atoms with van der Waals surface area (Å²) in [6, 6.07) is 15.6. The fourth-order valence-corrected chi connectivity index (χ4v) is 3.67. The van der Waals surface area contributed by atoms with Crippen molar-refractivity contribution in [2.45, 2.75) is 5.75 Å². The lowest BCUT2D eigenvalue weighted by Gasteiger charge is -2.33. The zero-order valence-corrected chi connectivity index (χ0v) is 15.7. The lowest BCUT2D eigenvalue weighted by atomic mass is 10.1. The molecule has 2 aromatic carbocycles. The molecule has 5 nitrogen and oxygen atoms in total. The van der Waals surface area contributed by atoms with Gasteiger partial charge in [0.15, 0.2) is 11.6 Å². The number of benzene rings is 2. The van der Waals surface area contributed by atoms with Gasteiger partial charge >= 0.3 is 0 Å². The Balaban J connectivity index is 1.72. The van der Waals surface area contributed by atoms with Crippen molar-refractivity contribution in [2.75, 3.05) is 36.2 Å². The van der Waals surface area contributed by atoms with Gasteiger partial charge in [0.2, 0.25) is 0 Å². The zero-order chi connectivity index (χ0) is 18.1. The standard InChI is InChI=1S/C20H20N4OS/c1-23-11-12-24(20(25)15-9-7-14(8-10-15)13-26-2)19-18(23)21-16-5-3-4-6-17(16)22-19/h3-10H,11-13H2,1-2H3. The maximum absolute atomic E-state index is 13.1. The van der Waals surface area contributed by atoms with Gasteiger partial charge in [0, 0.05) is 31.5 Å². The van der Waals surface area contributed by atoms with Gasteiger partial charge in [-0.3, -0.25) is 9.69 Å². The average molecular weight is 364 g/mol. The van der Waals surface area contributed by atoms with Crippen molar-refractivity contribution in [1.82, 2.24) is 9.97 Å². The number of carbonyl (C=O) groups excluding carboxylic acids is 1. The van der Waals surface area contributed by atoms with Gasteiger partial charge in [0.05, 0.1) is 11.0 Å². The van der Waals surface area contributed by atoms with Gasteiger partial charge in [-0.25, -0.2) is 9.97 Å². The van der Waals surface area contributed by atoms with E-state index in [1.807, 2.05) is 55.6 Å². The Morgan fingerprint density at radius 2 is 1.65 bits per heavy atom. The molecular weight excluding hydrogens is 344 g/mol. The van der Waals surface area contributed by atoms with Gasteiger partial charge in [-0.2, -0.15) is 11.8 Å². The summed E-state index contributed by atoms with van der Waals surface area (Å²) in [7, 11) is 1.99. The second-order valence-corrected chi connectivity index (χ2v) is 7.23. The Hall–Kier alpha value is -2.60. The normalized spacial score (nSPS) is 13.8. The minimum Gasteiger partial charge on any atom is -0.355 e. The van der Waals surface area contributed by atoms with Gasteiger partial charge in [-0.1, -0.05) is 24.3 Å². The van der Waals surface area contributed by atoms with E-state index >= 15 is 0 Å². The van der Waals surface area contributed by atoms with Gasteiger partial charge in [0.25, 0.3) is 5.91 Å². The summed E-state index contributed by atoms with van der Waals surface area (Å²) in [6.07, 6.45) is 2.07. The number of rotatable bonds is 3. The monoisotopic (exact) mass is 364 g/mol. The lowest BCUT2D eigenvalue weighted by Crippen LogP contribution is -2.43. The topological polar surface area (TPSA) is 49.3 Å². The summed E-state index contributed by atoms with van der Waals surface area (Å²) in [5.41, 5.74) is 3.54. The molecule has 0 unspecified atom stereocenters. The largest absolute Gasteiger partial charge is 0.355 e.